The highest BCUT2D eigenvalue weighted by Gasteiger charge is 2.21. The summed E-state index contributed by atoms with van der Waals surface area (Å²) in [6.45, 7) is 1.63. The molecule has 3 rings (SSSR count). The number of nitrogens with zero attached hydrogens (tertiary/aromatic N) is 2. The fraction of sp³-hybridized carbons (Fsp3) is 0.286. The maximum absolute atomic E-state index is 11.6. The zero-order valence-electron chi connectivity index (χ0n) is 11.1. The molecule has 2 aromatic rings. The highest BCUT2D eigenvalue weighted by atomic mass is 32.1. The predicted octanol–water partition coefficient (Wildman–Crippen LogP) is 2.07. The standard InChI is InChI=1S/C14H15N3O2S/c1-19-14(18)11-3-2-10(15)13(16-11)17-6-4-12-9(8-17)5-7-20-12/h2-3,5,7H,4,6,8,15H2,1H3. The summed E-state index contributed by atoms with van der Waals surface area (Å²) < 4.78 is 4.70. The second-order valence-corrected chi connectivity index (χ2v) is 5.64. The Bertz CT molecular complexity index is 654. The smallest absolute Gasteiger partial charge is 0.356 e. The Hall–Kier alpha value is -2.08. The largest absolute Gasteiger partial charge is 0.464 e. The number of fused-ring (bicyclic) bond motifs is 1. The van der Waals surface area contributed by atoms with E-state index in [9.17, 15) is 4.79 Å². The van der Waals surface area contributed by atoms with Crippen LogP contribution in [0.3, 0.4) is 0 Å². The molecule has 1 aliphatic rings. The number of anilines is 2. The average Bonchev–Trinajstić information content (AvgIpc) is 2.94. The molecule has 0 spiro atoms. The van der Waals surface area contributed by atoms with E-state index < -0.39 is 5.97 Å². The van der Waals surface area contributed by atoms with Gasteiger partial charge in [0.15, 0.2) is 11.5 Å². The van der Waals surface area contributed by atoms with Gasteiger partial charge in [0.2, 0.25) is 0 Å². The summed E-state index contributed by atoms with van der Waals surface area (Å²) in [5.41, 5.74) is 8.18. The van der Waals surface area contributed by atoms with Crippen LogP contribution in [0.1, 0.15) is 20.9 Å². The average molecular weight is 289 g/mol. The van der Waals surface area contributed by atoms with Gasteiger partial charge < -0.3 is 15.4 Å². The van der Waals surface area contributed by atoms with Gasteiger partial charge in [0.1, 0.15) is 0 Å². The molecule has 104 valence electrons. The Balaban J connectivity index is 1.92. The van der Waals surface area contributed by atoms with Crippen molar-refractivity contribution >= 4 is 28.8 Å². The van der Waals surface area contributed by atoms with Gasteiger partial charge >= 0.3 is 5.97 Å². The first-order valence-corrected chi connectivity index (χ1v) is 7.22. The molecular weight excluding hydrogens is 274 g/mol. The maximum atomic E-state index is 11.6. The summed E-state index contributed by atoms with van der Waals surface area (Å²) in [5, 5.41) is 2.11. The number of esters is 1. The number of rotatable bonds is 2. The number of methoxy groups -OCH3 is 1. The van der Waals surface area contributed by atoms with E-state index in [1.165, 1.54) is 17.6 Å². The van der Waals surface area contributed by atoms with E-state index in [1.807, 2.05) is 0 Å². The molecule has 0 bridgehead atoms. The lowest BCUT2D eigenvalue weighted by Crippen LogP contribution is -2.31. The van der Waals surface area contributed by atoms with Crippen molar-refractivity contribution in [1.82, 2.24) is 4.98 Å². The molecule has 0 saturated carbocycles. The van der Waals surface area contributed by atoms with Crippen LogP contribution in [-0.4, -0.2) is 24.6 Å². The quantitative estimate of drug-likeness (QED) is 0.857. The lowest BCUT2D eigenvalue weighted by Gasteiger charge is -2.29. The number of hydrogen-bond acceptors (Lipinski definition) is 6. The Morgan fingerprint density at radius 2 is 2.30 bits per heavy atom. The number of carbonyl (C=O) groups excluding carboxylic acids is 1. The van der Waals surface area contributed by atoms with Gasteiger partial charge in [-0.2, -0.15) is 0 Å². The minimum atomic E-state index is -0.445. The summed E-state index contributed by atoms with van der Waals surface area (Å²) in [4.78, 5) is 19.5. The van der Waals surface area contributed by atoms with Crippen LogP contribution in [0, 0.1) is 0 Å². The highest BCUT2D eigenvalue weighted by molar-refractivity contribution is 7.10. The van der Waals surface area contributed by atoms with Crippen molar-refractivity contribution in [2.24, 2.45) is 0 Å². The number of nitrogens with two attached hydrogens (primary N) is 1. The number of aromatic nitrogens is 1. The van der Waals surface area contributed by atoms with Gasteiger partial charge in [-0.05, 0) is 35.6 Å². The van der Waals surface area contributed by atoms with Crippen LogP contribution in [0.25, 0.3) is 0 Å². The monoisotopic (exact) mass is 289 g/mol. The Kier molecular flexibility index (Phi) is 3.31. The van der Waals surface area contributed by atoms with Crippen LogP contribution in [0.15, 0.2) is 23.6 Å². The van der Waals surface area contributed by atoms with E-state index in [-0.39, 0.29) is 5.69 Å². The fourth-order valence-corrected chi connectivity index (χ4v) is 3.25. The first-order chi connectivity index (χ1) is 9.69. The molecule has 0 aliphatic carbocycles. The van der Waals surface area contributed by atoms with Gasteiger partial charge in [-0.15, -0.1) is 11.3 Å². The Labute approximate surface area is 121 Å². The van der Waals surface area contributed by atoms with Crippen molar-refractivity contribution < 1.29 is 9.53 Å². The summed E-state index contributed by atoms with van der Waals surface area (Å²) >= 11 is 1.79. The van der Waals surface area contributed by atoms with Crippen LogP contribution in [-0.2, 0) is 17.7 Å². The van der Waals surface area contributed by atoms with Crippen molar-refractivity contribution in [2.75, 3.05) is 24.3 Å². The molecule has 0 aromatic carbocycles. The molecule has 6 heteroatoms. The van der Waals surface area contributed by atoms with Crippen LogP contribution in [0.5, 0.6) is 0 Å². The summed E-state index contributed by atoms with van der Waals surface area (Å²) in [5.74, 6) is 0.212. The van der Waals surface area contributed by atoms with E-state index in [0.29, 0.717) is 11.5 Å². The summed E-state index contributed by atoms with van der Waals surface area (Å²) in [6.07, 6.45) is 0.983. The number of thiophene rings is 1. The lowest BCUT2D eigenvalue weighted by atomic mass is 10.1. The molecule has 20 heavy (non-hydrogen) atoms. The molecule has 0 saturated heterocycles. The molecule has 3 heterocycles. The molecule has 0 unspecified atom stereocenters. The molecule has 0 amide bonds. The summed E-state index contributed by atoms with van der Waals surface area (Å²) in [6, 6.07) is 5.43. The lowest BCUT2D eigenvalue weighted by molar-refractivity contribution is 0.0594. The SMILES string of the molecule is COC(=O)c1ccc(N)c(N2CCc3sccc3C2)n1. The van der Waals surface area contributed by atoms with E-state index in [4.69, 9.17) is 10.5 Å². The van der Waals surface area contributed by atoms with Crippen molar-refractivity contribution in [3.05, 3.63) is 39.7 Å². The normalized spacial score (nSPS) is 13.9. The molecule has 5 nitrogen and oxygen atoms in total. The second kappa shape index (κ2) is 5.13. The number of ether oxygens (including phenoxy) is 1. The minimum Gasteiger partial charge on any atom is -0.464 e. The molecule has 0 atom stereocenters. The van der Waals surface area contributed by atoms with E-state index in [1.54, 1.807) is 23.5 Å². The molecule has 2 aromatic heterocycles. The maximum Gasteiger partial charge on any atom is 0.356 e. The van der Waals surface area contributed by atoms with Crippen LogP contribution >= 0.6 is 11.3 Å². The first kappa shape index (κ1) is 12.9. The third-order valence-electron chi connectivity index (χ3n) is 3.41. The number of nitrogen functional groups attached to an aromatic ring is 1. The zero-order chi connectivity index (χ0) is 14.1. The third-order valence-corrected chi connectivity index (χ3v) is 4.43. The number of carbonyl (C=O) groups is 1. The van der Waals surface area contributed by atoms with E-state index in [0.717, 1.165) is 19.5 Å². The van der Waals surface area contributed by atoms with Crippen LogP contribution in [0.4, 0.5) is 11.5 Å². The Morgan fingerprint density at radius 1 is 1.45 bits per heavy atom. The topological polar surface area (TPSA) is 68.5 Å². The van der Waals surface area contributed by atoms with Crippen LogP contribution in [0.2, 0.25) is 0 Å². The van der Waals surface area contributed by atoms with Gasteiger partial charge in [0.25, 0.3) is 0 Å². The summed E-state index contributed by atoms with van der Waals surface area (Å²) in [7, 11) is 1.35. The second-order valence-electron chi connectivity index (χ2n) is 4.64. The fourth-order valence-electron chi connectivity index (χ4n) is 2.36. The van der Waals surface area contributed by atoms with Crippen molar-refractivity contribution in [3.8, 4) is 0 Å². The Morgan fingerprint density at radius 3 is 3.10 bits per heavy atom. The van der Waals surface area contributed by atoms with Crippen LogP contribution < -0.4 is 10.6 Å². The van der Waals surface area contributed by atoms with Crippen molar-refractivity contribution in [3.63, 3.8) is 0 Å². The number of hydrogen-bond donors (Lipinski definition) is 1. The minimum absolute atomic E-state index is 0.285. The molecule has 0 radical (unpaired) electrons. The van der Waals surface area contributed by atoms with Gasteiger partial charge in [0, 0.05) is 18.0 Å². The number of pyridine rings is 1. The zero-order valence-corrected chi connectivity index (χ0v) is 11.9. The van der Waals surface area contributed by atoms with Gasteiger partial charge in [0.05, 0.1) is 12.8 Å². The van der Waals surface area contributed by atoms with Gasteiger partial charge in [-0.3, -0.25) is 0 Å². The first-order valence-electron chi connectivity index (χ1n) is 6.34. The van der Waals surface area contributed by atoms with E-state index >= 15 is 0 Å². The highest BCUT2D eigenvalue weighted by Crippen LogP contribution is 2.29. The third kappa shape index (κ3) is 2.22. The van der Waals surface area contributed by atoms with Crippen molar-refractivity contribution in [2.45, 2.75) is 13.0 Å². The molecule has 1 aliphatic heterocycles. The van der Waals surface area contributed by atoms with E-state index in [2.05, 4.69) is 21.3 Å². The van der Waals surface area contributed by atoms with Gasteiger partial charge in [-0.25, -0.2) is 9.78 Å². The molecule has 0 fully saturated rings. The van der Waals surface area contributed by atoms with Crippen molar-refractivity contribution in [1.29, 1.82) is 0 Å². The predicted molar refractivity (Wildman–Crippen MR) is 79.1 cm³/mol. The molecular formula is C14H15N3O2S. The van der Waals surface area contributed by atoms with Gasteiger partial charge in [-0.1, -0.05) is 0 Å². The molecule has 2 N–H and O–H groups in total.